The van der Waals surface area contributed by atoms with Gasteiger partial charge in [0.05, 0.1) is 0 Å². The first-order valence-electron chi connectivity index (χ1n) is 13.1. The second kappa shape index (κ2) is 15.7. The molecule has 8 rings (SSSR count). The number of halogens is 2. The van der Waals surface area contributed by atoms with Gasteiger partial charge in [-0.1, -0.05) is 81.6 Å². The quantitative estimate of drug-likeness (QED) is 0.128. The van der Waals surface area contributed by atoms with Crippen LogP contribution in [-0.2, 0) is 41.9 Å². The van der Waals surface area contributed by atoms with E-state index in [0.29, 0.717) is 0 Å². The van der Waals surface area contributed by atoms with Gasteiger partial charge in [0, 0.05) is 47.4 Å². The summed E-state index contributed by atoms with van der Waals surface area (Å²) in [6.07, 6.45) is 8.23. The molecular weight excluding hydrogens is 1030 g/mol. The number of hydrogen-bond acceptors (Lipinski definition) is 4. The molecule has 0 saturated carbocycles. The van der Waals surface area contributed by atoms with Gasteiger partial charge in [0.2, 0.25) is 0 Å². The molecule has 8 heteroatoms. The monoisotopic (exact) mass is 1050 g/mol. The third-order valence-corrected chi connectivity index (χ3v) is 6.92. The van der Waals surface area contributed by atoms with Gasteiger partial charge in [0.15, 0.2) is 0 Å². The van der Waals surface area contributed by atoms with Crippen molar-refractivity contribution < 1.29 is 35.5 Å². The summed E-state index contributed by atoms with van der Waals surface area (Å²) in [4.78, 5) is 17.7. The Bertz CT molecular complexity index is 1960. The van der Waals surface area contributed by atoms with Crippen LogP contribution < -0.4 is 0 Å². The van der Waals surface area contributed by atoms with Gasteiger partial charge in [-0.3, -0.25) is 19.9 Å². The first-order chi connectivity index (χ1) is 21.3. The Morgan fingerprint density at radius 1 is 0.512 bits per heavy atom. The first-order valence-corrected chi connectivity index (χ1v) is 23.0. The maximum absolute atomic E-state index is 4.49. The average molecular weight is 1050 g/mol. The molecule has 0 radical (unpaired) electrons. The maximum Gasteiger partial charge on any atom is 0.0183 e. The second-order valence-electron chi connectivity index (χ2n) is 9.37. The van der Waals surface area contributed by atoms with Crippen molar-refractivity contribution in [1.82, 2.24) is 19.9 Å². The summed E-state index contributed by atoms with van der Waals surface area (Å²) in [5.41, 5.74) is 9.67. The van der Waals surface area contributed by atoms with E-state index in [1.165, 1.54) is 11.1 Å². The summed E-state index contributed by atoms with van der Waals surface area (Å²) in [6.45, 7) is 0. The molecule has 7 aromatic rings. The number of aromatic nitrogens is 4. The van der Waals surface area contributed by atoms with Crippen LogP contribution in [-0.4, -0.2) is 19.9 Å². The minimum Gasteiger partial charge on any atom is -0.295 e. The van der Waals surface area contributed by atoms with Crippen LogP contribution in [0.25, 0.3) is 55.4 Å². The molecule has 43 heavy (non-hydrogen) atoms. The minimum absolute atomic E-state index is 0.933. The van der Waals surface area contributed by atoms with Crippen molar-refractivity contribution in [2.75, 3.05) is 0 Å². The van der Waals surface area contributed by atoms with Crippen LogP contribution in [0, 0.1) is 12.1 Å². The van der Waals surface area contributed by atoms with E-state index >= 15 is 0 Å². The predicted octanol–water partition coefficient (Wildman–Crippen LogP) is 9.45. The summed E-state index contributed by atoms with van der Waals surface area (Å²) < 4.78 is 0. The fourth-order valence-corrected chi connectivity index (χ4v) is 5.02. The van der Waals surface area contributed by atoms with E-state index in [-0.39, 0.29) is 0 Å². The molecule has 3 aromatic carbocycles. The molecule has 1 aliphatic carbocycles. The van der Waals surface area contributed by atoms with Crippen LogP contribution in [0.3, 0.4) is 0 Å². The number of nitrogens with zero attached hydrogens (tertiary/aromatic N) is 4. The normalized spacial score (nSPS) is 10.7. The van der Waals surface area contributed by atoms with Crippen molar-refractivity contribution in [2.45, 2.75) is 6.42 Å². The van der Waals surface area contributed by atoms with Crippen LogP contribution in [0.1, 0.15) is 11.1 Å². The Labute approximate surface area is 286 Å². The molecule has 0 amide bonds. The Hall–Kier alpha value is -2.88. The van der Waals surface area contributed by atoms with Crippen LogP contribution in [0.2, 0.25) is 0 Å². The zero-order valence-corrected chi connectivity index (χ0v) is 30.1. The van der Waals surface area contributed by atoms with Gasteiger partial charge in [0.1, 0.15) is 0 Å². The summed E-state index contributed by atoms with van der Waals surface area (Å²) in [5.74, 6) is 0. The largest absolute Gasteiger partial charge is 0.295 e. The van der Waals surface area contributed by atoms with Crippen LogP contribution in [0.5, 0.6) is 0 Å². The van der Waals surface area contributed by atoms with Crippen molar-refractivity contribution in [3.05, 3.63) is 145 Å². The van der Waals surface area contributed by atoms with Gasteiger partial charge in [-0.05, 0) is 36.1 Å². The molecule has 4 heterocycles. The van der Waals surface area contributed by atoms with Crippen molar-refractivity contribution >= 4 is 48.3 Å². The molecule has 0 atom stereocenters. The number of pyridine rings is 4. The molecule has 0 fully saturated rings. The van der Waals surface area contributed by atoms with Crippen molar-refractivity contribution in [2.24, 2.45) is 0 Å². The van der Waals surface area contributed by atoms with Crippen molar-refractivity contribution in [1.29, 1.82) is 0 Å². The molecular formula is C35H22Br2N4Pt2. The Morgan fingerprint density at radius 3 is 1.84 bits per heavy atom. The van der Waals surface area contributed by atoms with E-state index in [2.05, 4.69) is 107 Å². The van der Waals surface area contributed by atoms with Crippen molar-refractivity contribution in [3.8, 4) is 33.8 Å². The fraction of sp³-hybridized carbons (Fsp3) is 0.0286. The van der Waals surface area contributed by atoms with E-state index in [9.17, 15) is 0 Å². The summed E-state index contributed by atoms with van der Waals surface area (Å²) in [5, 5.41) is 3.33. The Balaban J connectivity index is 0.000000154. The molecule has 0 bridgehead atoms. The smallest absolute Gasteiger partial charge is 0.0183 e. The molecule has 1 aliphatic rings. The molecule has 0 N–H and O–H groups in total. The number of rotatable bonds is 2. The molecule has 0 spiro atoms. The Morgan fingerprint density at radius 2 is 1.12 bits per heavy atom. The van der Waals surface area contributed by atoms with E-state index in [0.717, 1.165) is 61.9 Å². The van der Waals surface area contributed by atoms with Gasteiger partial charge in [-0.2, -0.15) is 0 Å². The minimum atomic E-state index is 0.933. The van der Waals surface area contributed by atoms with E-state index in [1.807, 2.05) is 103 Å². The number of fused-ring (bicyclic) bond motifs is 6. The van der Waals surface area contributed by atoms with Gasteiger partial charge >= 0.3 is 62.1 Å². The first kappa shape index (κ1) is 31.5. The predicted molar refractivity (Wildman–Crippen MR) is 174 cm³/mol. The zero-order valence-electron chi connectivity index (χ0n) is 22.4. The average Bonchev–Trinajstić information content (AvgIpc) is 3.49. The van der Waals surface area contributed by atoms with E-state index in [1.54, 1.807) is 6.20 Å². The van der Waals surface area contributed by atoms with Gasteiger partial charge < -0.3 is 0 Å². The summed E-state index contributed by atoms with van der Waals surface area (Å²) >= 11 is 9.72. The van der Waals surface area contributed by atoms with Crippen LogP contribution in [0.15, 0.2) is 122 Å². The fourth-order valence-electron chi connectivity index (χ4n) is 5.02. The van der Waals surface area contributed by atoms with E-state index in [4.69, 9.17) is 0 Å². The maximum atomic E-state index is 4.49. The summed E-state index contributed by atoms with van der Waals surface area (Å²) in [6, 6.07) is 39.5. The number of hydrogen-bond donors (Lipinski definition) is 0. The molecule has 0 aliphatic heterocycles. The standard InChI is InChI=1S/C18H11N2.C17H11N2.2BrH.2Pt/c1-2-10-19-17(5-1)15-9-7-13-6-8-14-4-3-11-20-18(14)16(13)12-15;1-2-8-18-16(5-1)13-7-6-12-10-14-4-3-9-19-17(14)15(12)11-13;;;;/h1-11H;1-9H,10H2;2*1H;;/q2*-1;;;2*+2/p-2. The molecule has 216 valence electrons. The van der Waals surface area contributed by atoms with E-state index < -0.39 is 0 Å². The SMILES string of the molecule is [Br][Pt+].[Br][Pt+].[c-]1c(-c2ccccn2)ccc2c1-c1ncccc1C2.[c-]1c(-c2ccccn2)ccc2ccc3cccnc3c12. The third kappa shape index (κ3) is 7.27. The van der Waals surface area contributed by atoms with Crippen LogP contribution in [0.4, 0.5) is 0 Å². The topological polar surface area (TPSA) is 51.6 Å². The molecule has 4 aromatic heterocycles. The third-order valence-electron chi connectivity index (χ3n) is 6.92. The van der Waals surface area contributed by atoms with Crippen molar-refractivity contribution in [3.63, 3.8) is 0 Å². The second-order valence-corrected chi connectivity index (χ2v) is 9.37. The Kier molecular flexibility index (Phi) is 11.5. The van der Waals surface area contributed by atoms with Gasteiger partial charge in [0.25, 0.3) is 0 Å². The van der Waals surface area contributed by atoms with Gasteiger partial charge in [-0.15, -0.1) is 42.0 Å². The summed E-state index contributed by atoms with van der Waals surface area (Å²) in [7, 11) is 0. The number of benzene rings is 3. The molecule has 4 nitrogen and oxygen atoms in total. The van der Waals surface area contributed by atoms with Crippen LogP contribution >= 0.6 is 26.6 Å². The molecule has 0 saturated heterocycles. The zero-order chi connectivity index (χ0) is 30.0. The molecule has 0 unspecified atom stereocenters. The van der Waals surface area contributed by atoms with Gasteiger partial charge in [-0.25, -0.2) is 0 Å².